The second-order valence-electron chi connectivity index (χ2n) is 7.27. The first-order chi connectivity index (χ1) is 13.6. The molecule has 1 heterocycles. The highest BCUT2D eigenvalue weighted by atomic mass is 16.6. The van der Waals surface area contributed by atoms with E-state index in [1.54, 1.807) is 11.8 Å². The van der Waals surface area contributed by atoms with Gasteiger partial charge in [0.25, 0.3) is 0 Å². The van der Waals surface area contributed by atoms with E-state index in [2.05, 4.69) is 48.3 Å². The van der Waals surface area contributed by atoms with Crippen LogP contribution in [0.2, 0.25) is 0 Å². The van der Waals surface area contributed by atoms with Crippen LogP contribution in [-0.2, 0) is 16.0 Å². The van der Waals surface area contributed by atoms with E-state index in [1.165, 1.54) is 5.56 Å². The summed E-state index contributed by atoms with van der Waals surface area (Å²) in [5.41, 5.74) is 1.29. The molecule has 0 unspecified atom stereocenters. The number of likely N-dealkylation sites (tertiary alicyclic amines) is 1. The Morgan fingerprint density at radius 1 is 1.14 bits per heavy atom. The van der Waals surface area contributed by atoms with Crippen molar-refractivity contribution in [2.75, 3.05) is 39.3 Å². The Morgan fingerprint density at radius 2 is 1.79 bits per heavy atom. The van der Waals surface area contributed by atoms with E-state index >= 15 is 0 Å². The van der Waals surface area contributed by atoms with Crippen LogP contribution in [-0.4, -0.2) is 67.2 Å². The quantitative estimate of drug-likeness (QED) is 0.705. The highest BCUT2D eigenvalue weighted by Gasteiger charge is 2.28. The molecule has 6 heteroatoms. The zero-order valence-corrected chi connectivity index (χ0v) is 17.5. The van der Waals surface area contributed by atoms with Crippen molar-refractivity contribution in [2.24, 2.45) is 5.92 Å². The zero-order chi connectivity index (χ0) is 20.4. The molecule has 1 aromatic carbocycles. The third kappa shape index (κ3) is 6.51. The van der Waals surface area contributed by atoms with Crippen molar-refractivity contribution in [1.82, 2.24) is 15.1 Å². The molecule has 0 aliphatic carbocycles. The Morgan fingerprint density at radius 3 is 2.36 bits per heavy atom. The second-order valence-corrected chi connectivity index (χ2v) is 7.27. The lowest BCUT2D eigenvalue weighted by Crippen LogP contribution is -2.48. The fourth-order valence-corrected chi connectivity index (χ4v) is 3.86. The molecule has 156 valence electrons. The van der Waals surface area contributed by atoms with Gasteiger partial charge in [0.05, 0.1) is 6.61 Å². The van der Waals surface area contributed by atoms with Gasteiger partial charge in [-0.1, -0.05) is 44.2 Å². The Balaban J connectivity index is 1.86. The Labute approximate surface area is 169 Å². The zero-order valence-electron chi connectivity index (χ0n) is 17.5. The topological polar surface area (TPSA) is 61.9 Å². The summed E-state index contributed by atoms with van der Waals surface area (Å²) in [6.07, 6.45) is 2.04. The molecule has 1 aliphatic rings. The van der Waals surface area contributed by atoms with E-state index in [0.717, 1.165) is 19.5 Å². The van der Waals surface area contributed by atoms with E-state index < -0.39 is 0 Å². The van der Waals surface area contributed by atoms with Crippen molar-refractivity contribution < 1.29 is 14.3 Å². The lowest BCUT2D eigenvalue weighted by atomic mass is 9.96. The maximum atomic E-state index is 12.7. The summed E-state index contributed by atoms with van der Waals surface area (Å²) in [4.78, 5) is 28.6. The number of hydrogen-bond acceptors (Lipinski definition) is 4. The number of hydrogen-bond donors (Lipinski definition) is 1. The van der Waals surface area contributed by atoms with Gasteiger partial charge in [0.1, 0.15) is 0 Å². The van der Waals surface area contributed by atoms with Crippen LogP contribution in [0.5, 0.6) is 0 Å². The Kier molecular flexibility index (Phi) is 9.28. The van der Waals surface area contributed by atoms with Gasteiger partial charge >= 0.3 is 6.09 Å². The second kappa shape index (κ2) is 11.7. The fraction of sp³-hybridized carbons (Fsp3) is 0.636. The number of nitrogens with one attached hydrogen (secondary N) is 1. The molecule has 0 aromatic heterocycles. The van der Waals surface area contributed by atoms with Crippen molar-refractivity contribution in [1.29, 1.82) is 0 Å². The van der Waals surface area contributed by atoms with Gasteiger partial charge in [-0.15, -0.1) is 0 Å². The molecule has 2 amide bonds. The van der Waals surface area contributed by atoms with Gasteiger partial charge < -0.3 is 15.0 Å². The number of carbonyl (C=O) groups is 2. The highest BCUT2D eigenvalue weighted by Crippen LogP contribution is 2.18. The predicted octanol–water partition coefficient (Wildman–Crippen LogP) is 2.92. The summed E-state index contributed by atoms with van der Waals surface area (Å²) in [6, 6.07) is 10.7. The average Bonchev–Trinajstić information content (AvgIpc) is 2.73. The van der Waals surface area contributed by atoms with Crippen LogP contribution in [0.15, 0.2) is 30.3 Å². The van der Waals surface area contributed by atoms with Gasteiger partial charge in [0.2, 0.25) is 5.91 Å². The summed E-state index contributed by atoms with van der Waals surface area (Å²) in [7, 11) is 0. The first-order valence-electron chi connectivity index (χ1n) is 10.6. The van der Waals surface area contributed by atoms with E-state index in [1.807, 2.05) is 6.07 Å². The first-order valence-corrected chi connectivity index (χ1v) is 10.6. The average molecular weight is 390 g/mol. The van der Waals surface area contributed by atoms with Gasteiger partial charge in [-0.25, -0.2) is 4.79 Å². The van der Waals surface area contributed by atoms with Crippen molar-refractivity contribution in [3.63, 3.8) is 0 Å². The van der Waals surface area contributed by atoms with Gasteiger partial charge in [-0.2, -0.15) is 0 Å². The summed E-state index contributed by atoms with van der Waals surface area (Å²) in [6.45, 7) is 10.2. The lowest BCUT2D eigenvalue weighted by Gasteiger charge is -2.32. The molecule has 6 nitrogen and oxygen atoms in total. The van der Waals surface area contributed by atoms with Crippen LogP contribution in [0.4, 0.5) is 4.79 Å². The maximum Gasteiger partial charge on any atom is 0.409 e. The summed E-state index contributed by atoms with van der Waals surface area (Å²) in [5, 5.41) is 3.18. The number of likely N-dealkylation sites (N-methyl/N-ethyl adjacent to an activating group) is 1. The van der Waals surface area contributed by atoms with Crippen molar-refractivity contribution in [2.45, 2.75) is 46.1 Å². The van der Waals surface area contributed by atoms with Gasteiger partial charge in [0.15, 0.2) is 0 Å². The summed E-state index contributed by atoms with van der Waals surface area (Å²) >= 11 is 0. The van der Waals surface area contributed by atoms with Crippen LogP contribution in [0, 0.1) is 5.92 Å². The van der Waals surface area contributed by atoms with Crippen LogP contribution in [0.25, 0.3) is 0 Å². The van der Waals surface area contributed by atoms with Crippen molar-refractivity contribution in [3.05, 3.63) is 35.9 Å². The number of rotatable bonds is 9. The van der Waals surface area contributed by atoms with Crippen molar-refractivity contribution in [3.8, 4) is 0 Å². The summed E-state index contributed by atoms with van der Waals surface area (Å²) < 4.78 is 5.04. The van der Waals surface area contributed by atoms with Gasteiger partial charge in [0, 0.05) is 31.6 Å². The largest absolute Gasteiger partial charge is 0.450 e. The van der Waals surface area contributed by atoms with Gasteiger partial charge in [-0.05, 0) is 44.8 Å². The molecule has 28 heavy (non-hydrogen) atoms. The molecule has 2 rings (SSSR count). The standard InChI is InChI=1S/C22H35N3O3/c1-4-24(5-2)20(16-18-10-8-7-9-11-18)17-23-21(26)19-12-14-25(15-13-19)22(27)28-6-3/h7-11,19-20H,4-6,12-17H2,1-3H3,(H,23,26)/t20-/m0/s1. The molecule has 1 N–H and O–H groups in total. The van der Waals surface area contributed by atoms with Crippen LogP contribution in [0.1, 0.15) is 39.2 Å². The minimum atomic E-state index is -0.272. The molecule has 1 aromatic rings. The molecule has 0 spiro atoms. The van der Waals surface area contributed by atoms with Crippen LogP contribution in [0.3, 0.4) is 0 Å². The third-order valence-electron chi connectivity index (χ3n) is 5.55. The molecule has 1 aliphatic heterocycles. The third-order valence-corrected chi connectivity index (χ3v) is 5.55. The Hall–Kier alpha value is -2.08. The SMILES string of the molecule is CCOC(=O)N1CCC(C(=O)NC[C@H](Cc2ccccc2)N(CC)CC)CC1. The van der Waals surface area contributed by atoms with E-state index in [0.29, 0.717) is 39.1 Å². The lowest BCUT2D eigenvalue weighted by molar-refractivity contribution is -0.126. The molecule has 1 saturated heterocycles. The van der Waals surface area contributed by atoms with Crippen LogP contribution >= 0.6 is 0 Å². The molecule has 1 fully saturated rings. The number of benzene rings is 1. The summed E-state index contributed by atoms with van der Waals surface area (Å²) in [5.74, 6) is 0.0773. The maximum absolute atomic E-state index is 12.7. The molecule has 0 saturated carbocycles. The monoisotopic (exact) mass is 389 g/mol. The van der Waals surface area contributed by atoms with Crippen LogP contribution < -0.4 is 5.32 Å². The minimum absolute atomic E-state index is 0.0280. The van der Waals surface area contributed by atoms with Gasteiger partial charge in [-0.3, -0.25) is 9.69 Å². The molecule has 0 bridgehead atoms. The van der Waals surface area contributed by atoms with Crippen molar-refractivity contribution >= 4 is 12.0 Å². The smallest absolute Gasteiger partial charge is 0.409 e. The van der Waals surface area contributed by atoms with E-state index in [9.17, 15) is 9.59 Å². The van der Waals surface area contributed by atoms with E-state index in [-0.39, 0.29) is 24.0 Å². The fourth-order valence-electron chi connectivity index (χ4n) is 3.86. The molecule has 0 radical (unpaired) electrons. The first kappa shape index (κ1) is 22.2. The minimum Gasteiger partial charge on any atom is -0.450 e. The predicted molar refractivity (Wildman–Crippen MR) is 111 cm³/mol. The number of carbonyl (C=O) groups excluding carboxylic acids is 2. The highest BCUT2D eigenvalue weighted by molar-refractivity contribution is 5.79. The molecular formula is C22H35N3O3. The Bertz CT molecular complexity index is 596. The number of piperidine rings is 1. The van der Waals surface area contributed by atoms with E-state index in [4.69, 9.17) is 4.74 Å². The number of nitrogens with zero attached hydrogens (tertiary/aromatic N) is 2. The molecular weight excluding hydrogens is 354 g/mol. The number of amides is 2. The molecule has 1 atom stereocenters. The normalized spacial score (nSPS) is 16.1. The number of ether oxygens (including phenoxy) is 1.